The van der Waals surface area contributed by atoms with Crippen molar-refractivity contribution in [2.24, 2.45) is 11.0 Å². The van der Waals surface area contributed by atoms with E-state index < -0.39 is 0 Å². The van der Waals surface area contributed by atoms with Crippen LogP contribution in [0.1, 0.15) is 43.7 Å². The number of benzene rings is 2. The van der Waals surface area contributed by atoms with Crippen LogP contribution in [0.15, 0.2) is 65.8 Å². The van der Waals surface area contributed by atoms with Crippen molar-refractivity contribution in [3.05, 3.63) is 71.8 Å². The van der Waals surface area contributed by atoms with Gasteiger partial charge >= 0.3 is 0 Å². The van der Waals surface area contributed by atoms with Gasteiger partial charge in [0.25, 0.3) is 0 Å². The molecule has 146 valence electrons. The number of rotatable bonds is 6. The van der Waals surface area contributed by atoms with Crippen molar-refractivity contribution in [1.82, 2.24) is 10.3 Å². The third-order valence-electron chi connectivity index (χ3n) is 5.05. The third kappa shape index (κ3) is 5.06. The zero-order valence-corrected chi connectivity index (χ0v) is 16.3. The second kappa shape index (κ2) is 9.83. The Bertz CT molecular complexity index is 769. The third-order valence-corrected chi connectivity index (χ3v) is 5.05. The number of hydrogen-bond donors (Lipinski definition) is 1. The van der Waals surface area contributed by atoms with Gasteiger partial charge in [-0.2, -0.15) is 5.10 Å². The normalized spacial score (nSPS) is 14.4. The standard InChI is InChI=1S/C23H27N3O2/c1-2-9-21(27)26-16-14-20(15-17-26)23(28)25-24-22(18-10-5-3-6-11-18)19-12-7-4-8-13-19/h3-8,10-13,20H,2,9,14-17H2,1H3,(H,25,28). The number of hydrogen-bond acceptors (Lipinski definition) is 3. The predicted molar refractivity (Wildman–Crippen MR) is 111 cm³/mol. The Morgan fingerprint density at radius 3 is 2.00 bits per heavy atom. The monoisotopic (exact) mass is 377 g/mol. The van der Waals surface area contributed by atoms with Gasteiger partial charge < -0.3 is 4.90 Å². The van der Waals surface area contributed by atoms with Crippen LogP contribution < -0.4 is 5.43 Å². The highest BCUT2D eigenvalue weighted by Crippen LogP contribution is 2.18. The zero-order valence-electron chi connectivity index (χ0n) is 16.3. The first-order valence-corrected chi connectivity index (χ1v) is 9.95. The van der Waals surface area contributed by atoms with E-state index in [1.165, 1.54) is 0 Å². The number of nitrogens with zero attached hydrogens (tertiary/aromatic N) is 2. The lowest BCUT2D eigenvalue weighted by atomic mass is 9.96. The maximum Gasteiger partial charge on any atom is 0.243 e. The summed E-state index contributed by atoms with van der Waals surface area (Å²) in [6.07, 6.45) is 2.81. The number of nitrogens with one attached hydrogen (secondary N) is 1. The van der Waals surface area contributed by atoms with Crippen molar-refractivity contribution in [1.29, 1.82) is 0 Å². The van der Waals surface area contributed by atoms with Gasteiger partial charge in [0.2, 0.25) is 11.8 Å². The molecule has 0 spiro atoms. The Morgan fingerprint density at radius 2 is 1.50 bits per heavy atom. The van der Waals surface area contributed by atoms with E-state index in [9.17, 15) is 9.59 Å². The largest absolute Gasteiger partial charge is 0.343 e. The van der Waals surface area contributed by atoms with Crippen molar-refractivity contribution >= 4 is 17.5 Å². The van der Waals surface area contributed by atoms with Gasteiger partial charge in [0.1, 0.15) is 0 Å². The molecular formula is C23H27N3O2. The van der Waals surface area contributed by atoms with E-state index in [0.29, 0.717) is 32.4 Å². The van der Waals surface area contributed by atoms with Gasteiger partial charge in [-0.25, -0.2) is 5.43 Å². The van der Waals surface area contributed by atoms with Gasteiger partial charge in [-0.3, -0.25) is 9.59 Å². The Labute approximate surface area is 166 Å². The van der Waals surface area contributed by atoms with Crippen molar-refractivity contribution in [2.45, 2.75) is 32.6 Å². The predicted octanol–water partition coefficient (Wildman–Crippen LogP) is 3.59. The summed E-state index contributed by atoms with van der Waals surface area (Å²) >= 11 is 0. The molecule has 1 fully saturated rings. The number of amides is 2. The number of piperidine rings is 1. The lowest BCUT2D eigenvalue weighted by molar-refractivity contribution is -0.135. The summed E-state index contributed by atoms with van der Waals surface area (Å²) < 4.78 is 0. The van der Waals surface area contributed by atoms with Crippen LogP contribution in [0.3, 0.4) is 0 Å². The zero-order chi connectivity index (χ0) is 19.8. The molecule has 0 saturated carbocycles. The van der Waals surface area contributed by atoms with E-state index in [-0.39, 0.29) is 17.7 Å². The van der Waals surface area contributed by atoms with E-state index in [1.807, 2.05) is 72.5 Å². The van der Waals surface area contributed by atoms with Crippen LogP contribution in [0.2, 0.25) is 0 Å². The molecule has 1 heterocycles. The highest BCUT2D eigenvalue weighted by atomic mass is 16.2. The fraction of sp³-hybridized carbons (Fsp3) is 0.348. The molecule has 0 atom stereocenters. The first-order valence-electron chi connectivity index (χ1n) is 9.95. The SMILES string of the molecule is CCCC(=O)N1CCC(C(=O)NN=C(c2ccccc2)c2ccccc2)CC1. The Hall–Kier alpha value is -2.95. The van der Waals surface area contributed by atoms with Crippen LogP contribution in [-0.2, 0) is 9.59 Å². The molecule has 2 aromatic carbocycles. The van der Waals surface area contributed by atoms with Crippen molar-refractivity contribution < 1.29 is 9.59 Å². The summed E-state index contributed by atoms with van der Waals surface area (Å²) in [5.74, 6) is 0.00370. The van der Waals surface area contributed by atoms with Crippen molar-refractivity contribution in [3.8, 4) is 0 Å². The lowest BCUT2D eigenvalue weighted by Crippen LogP contribution is -2.42. The second-order valence-corrected chi connectivity index (χ2v) is 7.07. The average Bonchev–Trinajstić information content (AvgIpc) is 2.75. The van der Waals surface area contributed by atoms with Crippen LogP contribution in [-0.4, -0.2) is 35.5 Å². The highest BCUT2D eigenvalue weighted by Gasteiger charge is 2.27. The van der Waals surface area contributed by atoms with E-state index >= 15 is 0 Å². The van der Waals surface area contributed by atoms with Crippen LogP contribution in [0, 0.1) is 5.92 Å². The molecule has 28 heavy (non-hydrogen) atoms. The molecule has 1 saturated heterocycles. The smallest absolute Gasteiger partial charge is 0.243 e. The van der Waals surface area contributed by atoms with Crippen LogP contribution in [0.4, 0.5) is 0 Å². The quantitative estimate of drug-likeness (QED) is 0.618. The van der Waals surface area contributed by atoms with E-state index in [4.69, 9.17) is 0 Å². The molecule has 5 heteroatoms. The fourth-order valence-corrected chi connectivity index (χ4v) is 3.45. The summed E-state index contributed by atoms with van der Waals surface area (Å²) in [4.78, 5) is 26.5. The molecular weight excluding hydrogens is 350 g/mol. The molecule has 3 rings (SSSR count). The van der Waals surface area contributed by atoms with Crippen LogP contribution in [0.5, 0.6) is 0 Å². The average molecular weight is 377 g/mol. The number of likely N-dealkylation sites (tertiary alicyclic amines) is 1. The first kappa shape index (κ1) is 19.8. The van der Waals surface area contributed by atoms with E-state index in [2.05, 4.69) is 10.5 Å². The minimum absolute atomic E-state index is 0.0769. The fourth-order valence-electron chi connectivity index (χ4n) is 3.45. The minimum Gasteiger partial charge on any atom is -0.343 e. The van der Waals surface area contributed by atoms with E-state index in [0.717, 1.165) is 23.3 Å². The van der Waals surface area contributed by atoms with Gasteiger partial charge in [0.05, 0.1) is 5.71 Å². The van der Waals surface area contributed by atoms with Gasteiger partial charge in [-0.15, -0.1) is 0 Å². The Kier molecular flexibility index (Phi) is 6.95. The number of carbonyl (C=O) groups is 2. The molecule has 0 aromatic heterocycles. The Morgan fingerprint density at radius 1 is 0.964 bits per heavy atom. The van der Waals surface area contributed by atoms with Crippen LogP contribution >= 0.6 is 0 Å². The minimum atomic E-state index is -0.109. The van der Waals surface area contributed by atoms with Gasteiger partial charge in [0, 0.05) is 36.6 Å². The summed E-state index contributed by atoms with van der Waals surface area (Å²) in [6.45, 7) is 3.29. The highest BCUT2D eigenvalue weighted by molar-refractivity contribution is 6.13. The summed E-state index contributed by atoms with van der Waals surface area (Å²) in [5, 5.41) is 4.46. The molecule has 2 amide bonds. The number of carbonyl (C=O) groups excluding carboxylic acids is 2. The maximum absolute atomic E-state index is 12.6. The molecule has 2 aromatic rings. The van der Waals surface area contributed by atoms with Gasteiger partial charge in [-0.1, -0.05) is 67.6 Å². The molecule has 5 nitrogen and oxygen atoms in total. The molecule has 0 bridgehead atoms. The molecule has 1 N–H and O–H groups in total. The second-order valence-electron chi connectivity index (χ2n) is 7.07. The van der Waals surface area contributed by atoms with Gasteiger partial charge in [0.15, 0.2) is 0 Å². The lowest BCUT2D eigenvalue weighted by Gasteiger charge is -2.31. The molecule has 1 aliphatic heterocycles. The van der Waals surface area contributed by atoms with Crippen LogP contribution in [0.25, 0.3) is 0 Å². The topological polar surface area (TPSA) is 61.8 Å². The Balaban J connectivity index is 1.67. The first-order chi connectivity index (χ1) is 13.7. The summed E-state index contributed by atoms with van der Waals surface area (Å²) in [5.41, 5.74) is 5.41. The number of hydrazone groups is 1. The molecule has 0 radical (unpaired) electrons. The van der Waals surface area contributed by atoms with Crippen molar-refractivity contribution in [3.63, 3.8) is 0 Å². The molecule has 0 aliphatic carbocycles. The molecule has 1 aliphatic rings. The molecule has 0 unspecified atom stereocenters. The maximum atomic E-state index is 12.6. The van der Waals surface area contributed by atoms with Crippen molar-refractivity contribution in [2.75, 3.05) is 13.1 Å². The summed E-state index contributed by atoms with van der Waals surface area (Å²) in [7, 11) is 0. The summed E-state index contributed by atoms with van der Waals surface area (Å²) in [6, 6.07) is 19.7. The van der Waals surface area contributed by atoms with Gasteiger partial charge in [-0.05, 0) is 19.3 Å². The van der Waals surface area contributed by atoms with E-state index in [1.54, 1.807) is 0 Å².